The van der Waals surface area contributed by atoms with E-state index in [-0.39, 0.29) is 31.1 Å². The van der Waals surface area contributed by atoms with Crippen LogP contribution in [-0.2, 0) is 28.6 Å². The maximum Gasteiger partial charge on any atom is 0.306 e. The Bertz CT molecular complexity index is 1630. The highest BCUT2D eigenvalue weighted by atomic mass is 16.6. The van der Waals surface area contributed by atoms with E-state index in [1.807, 2.05) is 0 Å². The molecule has 0 radical (unpaired) electrons. The third kappa shape index (κ3) is 60.4. The van der Waals surface area contributed by atoms with Gasteiger partial charge in [0.05, 0.1) is 0 Å². The molecular formula is C70H114O6. The summed E-state index contributed by atoms with van der Waals surface area (Å²) in [5.41, 5.74) is 0. The Morgan fingerprint density at radius 1 is 0.276 bits per heavy atom. The van der Waals surface area contributed by atoms with Gasteiger partial charge in [0.15, 0.2) is 6.10 Å². The van der Waals surface area contributed by atoms with Gasteiger partial charge < -0.3 is 14.2 Å². The second-order valence-electron chi connectivity index (χ2n) is 20.2. The fourth-order valence-corrected chi connectivity index (χ4v) is 8.19. The first kappa shape index (κ1) is 71.5. The zero-order valence-electron chi connectivity index (χ0n) is 49.2. The number of hydrogen-bond donors (Lipinski definition) is 0. The van der Waals surface area contributed by atoms with Crippen LogP contribution in [0.3, 0.4) is 0 Å². The monoisotopic (exact) mass is 1050 g/mol. The molecule has 0 saturated carbocycles. The molecule has 1 unspecified atom stereocenters. The lowest BCUT2D eigenvalue weighted by molar-refractivity contribution is -0.167. The van der Waals surface area contributed by atoms with Crippen LogP contribution in [0.15, 0.2) is 134 Å². The van der Waals surface area contributed by atoms with Gasteiger partial charge in [-0.2, -0.15) is 0 Å². The summed E-state index contributed by atoms with van der Waals surface area (Å²) in [5, 5.41) is 0. The Kier molecular flexibility index (Phi) is 59.4. The Labute approximate surface area is 468 Å². The largest absolute Gasteiger partial charge is 0.462 e. The van der Waals surface area contributed by atoms with Crippen molar-refractivity contribution < 1.29 is 28.6 Å². The van der Waals surface area contributed by atoms with Gasteiger partial charge in [0.25, 0.3) is 0 Å². The number of rotatable bonds is 55. The van der Waals surface area contributed by atoms with Crippen LogP contribution in [0.4, 0.5) is 0 Å². The van der Waals surface area contributed by atoms with Gasteiger partial charge in [-0.15, -0.1) is 0 Å². The predicted octanol–water partition coefficient (Wildman–Crippen LogP) is 21.4. The number of carbonyl (C=O) groups excluding carboxylic acids is 3. The molecule has 0 heterocycles. The van der Waals surface area contributed by atoms with Gasteiger partial charge in [0.1, 0.15) is 13.2 Å². The van der Waals surface area contributed by atoms with E-state index in [1.54, 1.807) is 0 Å². The SMILES string of the molecule is CC/C=C\C/C=C\C/C=C\C/C=C\C/C=C\C/C=C\CCCCC(=O)OCC(COC(=O)CCCCCCC/C=C\C/C=C\CCCCCC)OC(=O)CCCCCCCC/C=C\C/C=C\C/C=C\CCCCCCC. The van der Waals surface area contributed by atoms with Crippen molar-refractivity contribution >= 4 is 17.9 Å². The van der Waals surface area contributed by atoms with Crippen molar-refractivity contribution in [2.75, 3.05) is 13.2 Å². The van der Waals surface area contributed by atoms with E-state index >= 15 is 0 Å². The molecule has 0 aliphatic carbocycles. The van der Waals surface area contributed by atoms with Gasteiger partial charge in [-0.1, -0.05) is 244 Å². The summed E-state index contributed by atoms with van der Waals surface area (Å²) < 4.78 is 16.9. The van der Waals surface area contributed by atoms with Crippen LogP contribution in [0, 0.1) is 0 Å². The van der Waals surface area contributed by atoms with E-state index in [0.29, 0.717) is 25.7 Å². The molecule has 0 fully saturated rings. The van der Waals surface area contributed by atoms with Gasteiger partial charge in [0, 0.05) is 19.3 Å². The summed E-state index contributed by atoms with van der Waals surface area (Å²) in [6, 6.07) is 0. The summed E-state index contributed by atoms with van der Waals surface area (Å²) >= 11 is 0. The van der Waals surface area contributed by atoms with Crippen LogP contribution < -0.4 is 0 Å². The van der Waals surface area contributed by atoms with E-state index in [9.17, 15) is 14.4 Å². The van der Waals surface area contributed by atoms with Crippen LogP contribution in [0.2, 0.25) is 0 Å². The highest BCUT2D eigenvalue weighted by Crippen LogP contribution is 2.14. The van der Waals surface area contributed by atoms with E-state index in [2.05, 4.69) is 154 Å². The van der Waals surface area contributed by atoms with E-state index in [4.69, 9.17) is 14.2 Å². The Morgan fingerprint density at radius 3 is 0.842 bits per heavy atom. The average Bonchev–Trinajstić information content (AvgIpc) is 3.42. The second-order valence-corrected chi connectivity index (χ2v) is 20.2. The molecule has 430 valence electrons. The maximum atomic E-state index is 12.9. The molecule has 0 amide bonds. The molecule has 0 aromatic carbocycles. The number of allylic oxidation sites excluding steroid dienone is 22. The van der Waals surface area contributed by atoms with E-state index < -0.39 is 6.10 Å². The first-order valence-electron chi connectivity index (χ1n) is 31.2. The lowest BCUT2D eigenvalue weighted by Crippen LogP contribution is -2.30. The molecule has 0 rings (SSSR count). The van der Waals surface area contributed by atoms with Gasteiger partial charge in [-0.05, 0) is 141 Å². The minimum atomic E-state index is -0.816. The highest BCUT2D eigenvalue weighted by molar-refractivity contribution is 5.71. The zero-order valence-corrected chi connectivity index (χ0v) is 49.2. The van der Waals surface area contributed by atoms with Crippen LogP contribution in [0.5, 0.6) is 0 Å². The molecule has 76 heavy (non-hydrogen) atoms. The maximum absolute atomic E-state index is 12.9. The molecule has 6 heteroatoms. The molecule has 0 saturated heterocycles. The van der Waals surface area contributed by atoms with Crippen molar-refractivity contribution in [1.29, 1.82) is 0 Å². The molecule has 0 spiro atoms. The standard InChI is InChI=1S/C70H114O6/c1-4-7-10-13-16-19-22-25-28-31-33-35-37-39-42-45-48-51-54-57-60-63-69(72)75-66-67(65-74-68(71)62-59-56-53-50-47-44-41-30-27-24-21-18-15-12-9-6-3)76-70(73)64-61-58-55-52-49-46-43-40-38-36-34-32-29-26-23-20-17-14-11-8-5-2/h7,10,16,19,21,23-26,28,30,32-35,38-42,48,51,67H,4-6,8-9,11-15,17-18,20,22,27,29,31,36-37,43-47,49-50,52-66H2,1-3H3/b10-7-,19-16-,24-21-,26-23-,28-25-,34-32-,35-33-,40-38-,41-30-,42-39-,51-48-. The van der Waals surface area contributed by atoms with Crippen molar-refractivity contribution in [2.24, 2.45) is 0 Å². The quantitative estimate of drug-likeness (QED) is 0.0261. The number of carbonyl (C=O) groups is 3. The lowest BCUT2D eigenvalue weighted by Gasteiger charge is -2.18. The van der Waals surface area contributed by atoms with Gasteiger partial charge in [-0.3, -0.25) is 14.4 Å². The normalized spacial score (nSPS) is 13.0. The molecule has 0 aromatic rings. The predicted molar refractivity (Wildman–Crippen MR) is 329 cm³/mol. The molecule has 0 bridgehead atoms. The molecule has 0 aliphatic heterocycles. The van der Waals surface area contributed by atoms with Crippen molar-refractivity contribution in [3.8, 4) is 0 Å². The topological polar surface area (TPSA) is 78.9 Å². The van der Waals surface area contributed by atoms with Crippen molar-refractivity contribution in [3.63, 3.8) is 0 Å². The van der Waals surface area contributed by atoms with Crippen LogP contribution >= 0.6 is 0 Å². The van der Waals surface area contributed by atoms with Gasteiger partial charge in [-0.25, -0.2) is 0 Å². The third-order valence-corrected chi connectivity index (χ3v) is 12.9. The molecule has 6 nitrogen and oxygen atoms in total. The van der Waals surface area contributed by atoms with E-state index in [0.717, 1.165) is 141 Å². The van der Waals surface area contributed by atoms with E-state index in [1.165, 1.54) is 83.5 Å². The first-order valence-corrected chi connectivity index (χ1v) is 31.2. The average molecular weight is 1050 g/mol. The highest BCUT2D eigenvalue weighted by Gasteiger charge is 2.19. The summed E-state index contributed by atoms with van der Waals surface area (Å²) in [7, 11) is 0. The number of unbranched alkanes of at least 4 members (excludes halogenated alkanes) is 22. The Hall–Kier alpha value is -4.45. The number of ether oxygens (including phenoxy) is 3. The molecule has 0 aromatic heterocycles. The van der Waals surface area contributed by atoms with Crippen molar-refractivity contribution in [2.45, 2.75) is 277 Å². The molecule has 0 aliphatic rings. The van der Waals surface area contributed by atoms with Crippen molar-refractivity contribution in [3.05, 3.63) is 134 Å². The molecule has 1 atom stereocenters. The lowest BCUT2D eigenvalue weighted by atomic mass is 10.1. The Balaban J connectivity index is 4.53. The van der Waals surface area contributed by atoms with Gasteiger partial charge >= 0.3 is 17.9 Å². The number of esters is 3. The summed E-state index contributed by atoms with van der Waals surface area (Å²) in [6.07, 6.45) is 88.7. The number of hydrogen-bond acceptors (Lipinski definition) is 6. The fraction of sp³-hybridized carbons (Fsp3) is 0.643. The first-order chi connectivity index (χ1) is 37.5. The zero-order chi connectivity index (χ0) is 55.0. The van der Waals surface area contributed by atoms with Crippen LogP contribution in [-0.4, -0.2) is 37.2 Å². The minimum absolute atomic E-state index is 0.109. The van der Waals surface area contributed by atoms with Crippen LogP contribution in [0.25, 0.3) is 0 Å². The smallest absolute Gasteiger partial charge is 0.306 e. The van der Waals surface area contributed by atoms with Crippen molar-refractivity contribution in [1.82, 2.24) is 0 Å². The fourth-order valence-electron chi connectivity index (χ4n) is 8.19. The Morgan fingerprint density at radius 2 is 0.513 bits per heavy atom. The third-order valence-electron chi connectivity index (χ3n) is 12.9. The molecule has 0 N–H and O–H groups in total. The van der Waals surface area contributed by atoms with Crippen LogP contribution in [0.1, 0.15) is 271 Å². The summed E-state index contributed by atoms with van der Waals surface area (Å²) in [4.78, 5) is 38.3. The molecular weight excluding hydrogens is 937 g/mol. The minimum Gasteiger partial charge on any atom is -0.462 e. The van der Waals surface area contributed by atoms with Gasteiger partial charge in [0.2, 0.25) is 0 Å². The summed E-state index contributed by atoms with van der Waals surface area (Å²) in [5.74, 6) is -0.979. The summed E-state index contributed by atoms with van der Waals surface area (Å²) in [6.45, 7) is 6.44. The second kappa shape index (κ2) is 63.1.